The Balaban J connectivity index is 1.89. The van der Waals surface area contributed by atoms with E-state index < -0.39 is 0 Å². The van der Waals surface area contributed by atoms with Crippen LogP contribution in [-0.2, 0) is 4.74 Å². The van der Waals surface area contributed by atoms with Crippen molar-refractivity contribution in [1.29, 1.82) is 0 Å². The third kappa shape index (κ3) is 3.07. The highest BCUT2D eigenvalue weighted by Gasteiger charge is 2.03. The third-order valence-corrected chi connectivity index (χ3v) is 2.52. The Morgan fingerprint density at radius 2 is 2.39 bits per heavy atom. The van der Waals surface area contributed by atoms with Crippen molar-refractivity contribution in [3.05, 3.63) is 36.8 Å². The topological polar surface area (TPSA) is 51.5 Å². The summed E-state index contributed by atoms with van der Waals surface area (Å²) in [5.74, 6) is 0.838. The van der Waals surface area contributed by atoms with E-state index in [0.717, 1.165) is 30.0 Å². The zero-order chi connectivity index (χ0) is 12.8. The van der Waals surface area contributed by atoms with Crippen LogP contribution in [0, 0.1) is 6.92 Å². The van der Waals surface area contributed by atoms with Crippen molar-refractivity contribution < 1.29 is 4.74 Å². The number of ether oxygens (including phenoxy) is 1. The van der Waals surface area contributed by atoms with Crippen LogP contribution in [0.5, 0.6) is 0 Å². The van der Waals surface area contributed by atoms with Crippen molar-refractivity contribution >= 4 is 11.3 Å². The van der Waals surface area contributed by atoms with Gasteiger partial charge in [0, 0.05) is 18.9 Å². The first-order valence-electron chi connectivity index (χ1n) is 6.05. The first-order chi connectivity index (χ1) is 8.81. The Morgan fingerprint density at radius 1 is 1.50 bits per heavy atom. The monoisotopic (exact) mass is 246 g/mol. The van der Waals surface area contributed by atoms with Gasteiger partial charge in [0.2, 0.25) is 0 Å². The molecule has 0 aliphatic heterocycles. The molecule has 0 spiro atoms. The van der Waals surface area contributed by atoms with Gasteiger partial charge in [-0.05, 0) is 19.4 Å². The molecular formula is C13H18N4O. The third-order valence-electron chi connectivity index (χ3n) is 2.52. The summed E-state index contributed by atoms with van der Waals surface area (Å²) in [4.78, 5) is 4.31. The van der Waals surface area contributed by atoms with E-state index in [2.05, 4.69) is 22.0 Å². The Morgan fingerprint density at radius 3 is 3.22 bits per heavy atom. The molecule has 0 bridgehead atoms. The Labute approximate surface area is 106 Å². The number of anilines is 1. The van der Waals surface area contributed by atoms with Gasteiger partial charge in [-0.1, -0.05) is 6.08 Å². The van der Waals surface area contributed by atoms with E-state index in [-0.39, 0.29) is 0 Å². The highest BCUT2D eigenvalue weighted by atomic mass is 16.5. The van der Waals surface area contributed by atoms with E-state index in [1.54, 1.807) is 6.20 Å². The van der Waals surface area contributed by atoms with Crippen LogP contribution in [-0.4, -0.2) is 34.4 Å². The molecule has 0 saturated carbocycles. The van der Waals surface area contributed by atoms with E-state index in [9.17, 15) is 0 Å². The van der Waals surface area contributed by atoms with E-state index in [1.807, 2.05) is 29.8 Å². The molecule has 2 rings (SSSR count). The van der Waals surface area contributed by atoms with Crippen molar-refractivity contribution in [2.24, 2.45) is 0 Å². The second kappa shape index (κ2) is 6.16. The van der Waals surface area contributed by atoms with E-state index in [4.69, 9.17) is 4.74 Å². The van der Waals surface area contributed by atoms with Crippen LogP contribution in [0.3, 0.4) is 0 Å². The van der Waals surface area contributed by atoms with Gasteiger partial charge in [-0.3, -0.25) is 0 Å². The first kappa shape index (κ1) is 12.6. The van der Waals surface area contributed by atoms with Gasteiger partial charge in [0.25, 0.3) is 0 Å². The largest absolute Gasteiger partial charge is 0.379 e. The van der Waals surface area contributed by atoms with Crippen molar-refractivity contribution in [3.63, 3.8) is 0 Å². The molecule has 0 aromatic carbocycles. The molecule has 96 valence electrons. The molecule has 0 fully saturated rings. The SMILES string of the molecule is C=CCCOCCNc1nccn2nc(C)cc12. The average Bonchev–Trinajstić information content (AvgIpc) is 2.74. The summed E-state index contributed by atoms with van der Waals surface area (Å²) in [5.41, 5.74) is 1.97. The van der Waals surface area contributed by atoms with Gasteiger partial charge in [-0.15, -0.1) is 6.58 Å². The molecule has 0 radical (unpaired) electrons. The van der Waals surface area contributed by atoms with Gasteiger partial charge < -0.3 is 10.1 Å². The van der Waals surface area contributed by atoms with Crippen LogP contribution in [0.2, 0.25) is 0 Å². The lowest BCUT2D eigenvalue weighted by molar-refractivity contribution is 0.149. The number of nitrogens with zero attached hydrogens (tertiary/aromatic N) is 3. The fourth-order valence-electron chi connectivity index (χ4n) is 1.69. The van der Waals surface area contributed by atoms with Gasteiger partial charge >= 0.3 is 0 Å². The Bertz CT molecular complexity index is 521. The minimum absolute atomic E-state index is 0.656. The van der Waals surface area contributed by atoms with Gasteiger partial charge in [-0.25, -0.2) is 9.50 Å². The van der Waals surface area contributed by atoms with Crippen LogP contribution < -0.4 is 5.32 Å². The predicted molar refractivity (Wildman–Crippen MR) is 71.8 cm³/mol. The number of hydrogen-bond donors (Lipinski definition) is 1. The van der Waals surface area contributed by atoms with Crippen molar-refractivity contribution in [2.75, 3.05) is 25.1 Å². The lowest BCUT2D eigenvalue weighted by Crippen LogP contribution is -2.11. The number of rotatable bonds is 7. The molecule has 0 aliphatic carbocycles. The minimum atomic E-state index is 0.656. The summed E-state index contributed by atoms with van der Waals surface area (Å²) in [5, 5.41) is 7.59. The minimum Gasteiger partial charge on any atom is -0.379 e. The molecule has 0 aliphatic rings. The highest BCUT2D eigenvalue weighted by molar-refractivity contribution is 5.67. The van der Waals surface area contributed by atoms with Gasteiger partial charge in [0.1, 0.15) is 5.52 Å². The molecule has 0 amide bonds. The molecule has 2 heterocycles. The van der Waals surface area contributed by atoms with Gasteiger partial charge in [0.15, 0.2) is 5.82 Å². The molecule has 2 aromatic rings. The number of aromatic nitrogens is 3. The summed E-state index contributed by atoms with van der Waals surface area (Å²) in [7, 11) is 0. The smallest absolute Gasteiger partial charge is 0.152 e. The standard InChI is InChI=1S/C13H18N4O/c1-3-4-8-18-9-6-15-13-12-10-11(2)16-17(12)7-5-14-13/h3,5,7,10H,1,4,6,8-9H2,2H3,(H,14,15). The quantitative estimate of drug-likeness (QED) is 0.600. The summed E-state index contributed by atoms with van der Waals surface area (Å²) in [6.45, 7) is 7.72. The molecule has 5 heteroatoms. The first-order valence-corrected chi connectivity index (χ1v) is 6.05. The Hall–Kier alpha value is -1.88. The number of aryl methyl sites for hydroxylation is 1. The van der Waals surface area contributed by atoms with Crippen molar-refractivity contribution in [3.8, 4) is 0 Å². The molecule has 2 aromatic heterocycles. The molecule has 5 nitrogen and oxygen atoms in total. The molecule has 0 atom stereocenters. The van der Waals surface area contributed by atoms with Crippen LogP contribution >= 0.6 is 0 Å². The molecular weight excluding hydrogens is 228 g/mol. The van der Waals surface area contributed by atoms with Crippen LogP contribution in [0.1, 0.15) is 12.1 Å². The zero-order valence-electron chi connectivity index (χ0n) is 10.6. The molecule has 0 unspecified atom stereocenters. The second-order valence-electron chi connectivity index (χ2n) is 4.01. The van der Waals surface area contributed by atoms with Crippen LogP contribution in [0.15, 0.2) is 31.1 Å². The van der Waals surface area contributed by atoms with Gasteiger partial charge in [0.05, 0.1) is 18.9 Å². The Kier molecular flexibility index (Phi) is 4.30. The second-order valence-corrected chi connectivity index (χ2v) is 4.01. The van der Waals surface area contributed by atoms with Crippen molar-refractivity contribution in [2.45, 2.75) is 13.3 Å². The van der Waals surface area contributed by atoms with Crippen LogP contribution in [0.4, 0.5) is 5.82 Å². The lowest BCUT2D eigenvalue weighted by Gasteiger charge is -2.07. The van der Waals surface area contributed by atoms with Crippen LogP contribution in [0.25, 0.3) is 5.52 Å². The highest BCUT2D eigenvalue weighted by Crippen LogP contribution is 2.13. The van der Waals surface area contributed by atoms with Gasteiger partial charge in [-0.2, -0.15) is 5.10 Å². The maximum Gasteiger partial charge on any atom is 0.152 e. The zero-order valence-corrected chi connectivity index (χ0v) is 10.6. The fraction of sp³-hybridized carbons (Fsp3) is 0.385. The van der Waals surface area contributed by atoms with E-state index in [1.165, 1.54) is 0 Å². The summed E-state index contributed by atoms with van der Waals surface area (Å²) < 4.78 is 7.25. The van der Waals surface area contributed by atoms with E-state index in [0.29, 0.717) is 13.2 Å². The fourth-order valence-corrected chi connectivity index (χ4v) is 1.69. The average molecular weight is 246 g/mol. The summed E-state index contributed by atoms with van der Waals surface area (Å²) in [6, 6.07) is 2.01. The molecule has 18 heavy (non-hydrogen) atoms. The maximum absolute atomic E-state index is 5.43. The van der Waals surface area contributed by atoms with Crippen molar-refractivity contribution in [1.82, 2.24) is 14.6 Å². The maximum atomic E-state index is 5.43. The molecule has 0 saturated heterocycles. The lowest BCUT2D eigenvalue weighted by atomic mass is 10.4. The number of fused-ring (bicyclic) bond motifs is 1. The molecule has 1 N–H and O–H groups in total. The summed E-state index contributed by atoms with van der Waals surface area (Å²) >= 11 is 0. The number of nitrogens with one attached hydrogen (secondary N) is 1. The predicted octanol–water partition coefficient (Wildman–Crippen LogP) is 2.04. The normalized spacial score (nSPS) is 10.7. The summed E-state index contributed by atoms with van der Waals surface area (Å²) in [6.07, 6.45) is 6.31. The number of hydrogen-bond acceptors (Lipinski definition) is 4. The van der Waals surface area contributed by atoms with E-state index >= 15 is 0 Å².